The normalized spacial score (nSPS) is 9.75. The van der Waals surface area contributed by atoms with Crippen LogP contribution in [0.1, 0.15) is 20.7 Å². The molecule has 16 heavy (non-hydrogen) atoms. The molecular formula is C8H6N2O6. The fourth-order valence-electron chi connectivity index (χ4n) is 1.16. The summed E-state index contributed by atoms with van der Waals surface area (Å²) in [4.78, 5) is 30.8. The number of rotatable bonds is 3. The molecule has 0 fully saturated rings. The van der Waals surface area contributed by atoms with Gasteiger partial charge in [-0.3, -0.25) is 10.1 Å². The van der Waals surface area contributed by atoms with Crippen LogP contribution < -0.4 is 5.73 Å². The van der Waals surface area contributed by atoms with E-state index in [-0.39, 0.29) is 0 Å². The molecule has 0 aliphatic rings. The van der Waals surface area contributed by atoms with Gasteiger partial charge in [-0.25, -0.2) is 9.59 Å². The second-order valence-electron chi connectivity index (χ2n) is 2.79. The van der Waals surface area contributed by atoms with Crippen molar-refractivity contribution < 1.29 is 24.7 Å². The SMILES string of the molecule is Nc1c(C(=O)O)ccc(C(=O)O)c1[N+](=O)[O-]. The van der Waals surface area contributed by atoms with E-state index >= 15 is 0 Å². The van der Waals surface area contributed by atoms with Crippen molar-refractivity contribution in [1.29, 1.82) is 0 Å². The molecule has 1 aromatic rings. The summed E-state index contributed by atoms with van der Waals surface area (Å²) >= 11 is 0. The Kier molecular flexibility index (Phi) is 2.75. The van der Waals surface area contributed by atoms with Crippen molar-refractivity contribution in [3.05, 3.63) is 33.4 Å². The van der Waals surface area contributed by atoms with Crippen molar-refractivity contribution in [2.24, 2.45) is 0 Å². The predicted octanol–water partition coefficient (Wildman–Crippen LogP) is 0.573. The van der Waals surface area contributed by atoms with Gasteiger partial charge in [-0.2, -0.15) is 0 Å². The second-order valence-corrected chi connectivity index (χ2v) is 2.79. The molecule has 0 atom stereocenters. The van der Waals surface area contributed by atoms with Crippen LogP contribution in [0.3, 0.4) is 0 Å². The van der Waals surface area contributed by atoms with Crippen LogP contribution in [0.15, 0.2) is 12.1 Å². The third-order valence-corrected chi connectivity index (χ3v) is 1.86. The lowest BCUT2D eigenvalue weighted by atomic mass is 10.1. The molecular weight excluding hydrogens is 220 g/mol. The zero-order chi connectivity index (χ0) is 12.5. The Labute approximate surface area is 88.1 Å². The lowest BCUT2D eigenvalue weighted by Gasteiger charge is -2.04. The average molecular weight is 226 g/mol. The summed E-state index contributed by atoms with van der Waals surface area (Å²) in [5, 5.41) is 27.9. The van der Waals surface area contributed by atoms with Crippen molar-refractivity contribution in [2.75, 3.05) is 5.73 Å². The van der Waals surface area contributed by atoms with E-state index in [1.54, 1.807) is 0 Å². The van der Waals surface area contributed by atoms with Gasteiger partial charge in [0.2, 0.25) is 0 Å². The van der Waals surface area contributed by atoms with Gasteiger partial charge in [-0.1, -0.05) is 0 Å². The van der Waals surface area contributed by atoms with Gasteiger partial charge in [0.05, 0.1) is 10.5 Å². The van der Waals surface area contributed by atoms with E-state index < -0.39 is 39.4 Å². The van der Waals surface area contributed by atoms with Gasteiger partial charge in [0, 0.05) is 0 Å². The number of anilines is 1. The van der Waals surface area contributed by atoms with E-state index in [0.717, 1.165) is 12.1 Å². The Morgan fingerprint density at radius 1 is 1.19 bits per heavy atom. The highest BCUT2D eigenvalue weighted by atomic mass is 16.6. The molecule has 0 unspecified atom stereocenters. The molecule has 0 amide bonds. The molecule has 0 bridgehead atoms. The molecule has 8 heteroatoms. The lowest BCUT2D eigenvalue weighted by molar-refractivity contribution is -0.384. The van der Waals surface area contributed by atoms with E-state index in [1.807, 2.05) is 0 Å². The maximum atomic E-state index is 10.7. The third-order valence-electron chi connectivity index (χ3n) is 1.86. The first kappa shape index (κ1) is 11.4. The van der Waals surface area contributed by atoms with Crippen molar-refractivity contribution in [3.8, 4) is 0 Å². The quantitative estimate of drug-likeness (QED) is 0.388. The minimum atomic E-state index is -1.55. The zero-order valence-electron chi connectivity index (χ0n) is 7.71. The number of hydrogen-bond acceptors (Lipinski definition) is 5. The zero-order valence-corrected chi connectivity index (χ0v) is 7.71. The number of carboxylic acids is 2. The number of benzene rings is 1. The first-order chi connectivity index (χ1) is 7.36. The summed E-state index contributed by atoms with van der Waals surface area (Å²) in [6.07, 6.45) is 0. The first-order valence-corrected chi connectivity index (χ1v) is 3.89. The number of aromatic carboxylic acids is 2. The molecule has 0 spiro atoms. The van der Waals surface area contributed by atoms with E-state index in [0.29, 0.717) is 0 Å². The van der Waals surface area contributed by atoms with Crippen molar-refractivity contribution in [2.45, 2.75) is 0 Å². The molecule has 0 saturated heterocycles. The first-order valence-electron chi connectivity index (χ1n) is 3.89. The molecule has 84 valence electrons. The number of hydrogen-bond donors (Lipinski definition) is 3. The number of nitro benzene ring substituents is 1. The molecule has 8 nitrogen and oxygen atoms in total. The predicted molar refractivity (Wildman–Crippen MR) is 51.4 cm³/mol. The van der Waals surface area contributed by atoms with Gasteiger partial charge in [-0.15, -0.1) is 0 Å². The summed E-state index contributed by atoms with van der Waals surface area (Å²) in [6, 6.07) is 1.74. The Morgan fingerprint density at radius 2 is 1.62 bits per heavy atom. The van der Waals surface area contributed by atoms with Gasteiger partial charge >= 0.3 is 17.6 Å². The topological polar surface area (TPSA) is 144 Å². The smallest absolute Gasteiger partial charge is 0.342 e. The van der Waals surface area contributed by atoms with Gasteiger partial charge in [0.15, 0.2) is 0 Å². The number of nitrogen functional groups attached to an aromatic ring is 1. The number of nitrogens with two attached hydrogens (primary N) is 1. The van der Waals surface area contributed by atoms with Gasteiger partial charge in [0.1, 0.15) is 11.3 Å². The maximum Gasteiger partial charge on any atom is 0.342 e. The minimum absolute atomic E-state index is 0.503. The average Bonchev–Trinajstić information content (AvgIpc) is 2.15. The summed E-state index contributed by atoms with van der Waals surface area (Å²) in [5.74, 6) is -3.01. The summed E-state index contributed by atoms with van der Waals surface area (Å²) in [7, 11) is 0. The molecule has 0 aromatic heterocycles. The van der Waals surface area contributed by atoms with Crippen LogP contribution in [0.5, 0.6) is 0 Å². The summed E-state index contributed by atoms with van der Waals surface area (Å²) < 4.78 is 0. The molecule has 0 radical (unpaired) electrons. The highest BCUT2D eigenvalue weighted by Crippen LogP contribution is 2.29. The highest BCUT2D eigenvalue weighted by Gasteiger charge is 2.27. The molecule has 0 saturated carbocycles. The third kappa shape index (κ3) is 1.75. The standard InChI is InChI=1S/C8H6N2O6/c9-5-3(7(11)12)1-2-4(8(13)14)6(5)10(15)16/h1-2H,9H2,(H,11,12)(H,13,14). The van der Waals surface area contributed by atoms with Crippen LogP contribution in [0.25, 0.3) is 0 Å². The number of nitrogens with zero attached hydrogens (tertiary/aromatic N) is 1. The van der Waals surface area contributed by atoms with Crippen LogP contribution in [-0.4, -0.2) is 27.1 Å². The summed E-state index contributed by atoms with van der Waals surface area (Å²) in [6.45, 7) is 0. The molecule has 1 rings (SSSR count). The minimum Gasteiger partial charge on any atom is -0.478 e. The van der Waals surface area contributed by atoms with Crippen LogP contribution in [0.4, 0.5) is 11.4 Å². The molecule has 4 N–H and O–H groups in total. The Balaban J connectivity index is 3.60. The van der Waals surface area contributed by atoms with Crippen LogP contribution in [0, 0.1) is 10.1 Å². The Hall–Kier alpha value is -2.64. The van der Waals surface area contributed by atoms with Gasteiger partial charge in [-0.05, 0) is 12.1 Å². The largest absolute Gasteiger partial charge is 0.478 e. The van der Waals surface area contributed by atoms with E-state index in [1.165, 1.54) is 0 Å². The summed E-state index contributed by atoms with van der Waals surface area (Å²) in [5.41, 5.74) is 2.51. The number of nitro groups is 1. The molecule has 0 heterocycles. The highest BCUT2D eigenvalue weighted by molar-refractivity contribution is 6.02. The Bertz CT molecular complexity index is 496. The van der Waals surface area contributed by atoms with Crippen molar-refractivity contribution in [1.82, 2.24) is 0 Å². The van der Waals surface area contributed by atoms with Crippen molar-refractivity contribution in [3.63, 3.8) is 0 Å². The van der Waals surface area contributed by atoms with Gasteiger partial charge < -0.3 is 15.9 Å². The molecule has 1 aromatic carbocycles. The number of carboxylic acid groups (broad SMARTS) is 2. The number of carbonyl (C=O) groups is 2. The fourth-order valence-corrected chi connectivity index (χ4v) is 1.16. The fraction of sp³-hybridized carbons (Fsp3) is 0. The monoisotopic (exact) mass is 226 g/mol. The maximum absolute atomic E-state index is 10.7. The molecule has 0 aliphatic heterocycles. The van der Waals surface area contributed by atoms with Crippen molar-refractivity contribution >= 4 is 23.3 Å². The Morgan fingerprint density at radius 3 is 2.00 bits per heavy atom. The van der Waals surface area contributed by atoms with Gasteiger partial charge in [0.25, 0.3) is 0 Å². The van der Waals surface area contributed by atoms with Crippen LogP contribution in [0.2, 0.25) is 0 Å². The van der Waals surface area contributed by atoms with Crippen LogP contribution in [-0.2, 0) is 0 Å². The lowest BCUT2D eigenvalue weighted by Crippen LogP contribution is -2.10. The van der Waals surface area contributed by atoms with E-state index in [4.69, 9.17) is 15.9 Å². The van der Waals surface area contributed by atoms with E-state index in [2.05, 4.69) is 0 Å². The van der Waals surface area contributed by atoms with E-state index in [9.17, 15) is 19.7 Å². The molecule has 0 aliphatic carbocycles. The second kappa shape index (κ2) is 3.85. The van der Waals surface area contributed by atoms with Crippen LogP contribution >= 0.6 is 0 Å².